The monoisotopic (exact) mass is 452 g/mol. The van der Waals surface area contributed by atoms with E-state index in [1.807, 2.05) is 12.1 Å². The van der Waals surface area contributed by atoms with Crippen LogP contribution in [-0.4, -0.2) is 37.0 Å². The number of hydrogen-bond acceptors (Lipinski definition) is 7. The van der Waals surface area contributed by atoms with Gasteiger partial charge >= 0.3 is 5.69 Å². The van der Waals surface area contributed by atoms with E-state index in [0.29, 0.717) is 30.3 Å². The third kappa shape index (κ3) is 5.64. The van der Waals surface area contributed by atoms with Gasteiger partial charge in [0.1, 0.15) is 23.9 Å². The number of nitro groups is 1. The number of carbonyl (C=O) groups is 1. The number of ketones is 1. The van der Waals surface area contributed by atoms with Gasteiger partial charge < -0.3 is 18.8 Å². The lowest BCUT2D eigenvalue weighted by molar-refractivity contribution is -0.386. The number of anilines is 1. The van der Waals surface area contributed by atoms with Crippen molar-refractivity contribution in [1.82, 2.24) is 0 Å². The van der Waals surface area contributed by atoms with Gasteiger partial charge in [0.15, 0.2) is 11.5 Å². The molecule has 4 rings (SSSR count). The second kappa shape index (κ2) is 10.1. The number of halogens is 1. The van der Waals surface area contributed by atoms with Crippen LogP contribution in [0.5, 0.6) is 5.75 Å². The van der Waals surface area contributed by atoms with Gasteiger partial charge in [-0.2, -0.15) is 0 Å². The number of morpholine rings is 1. The van der Waals surface area contributed by atoms with Crippen LogP contribution in [0.4, 0.5) is 15.8 Å². The number of allylic oxidation sites excluding steroid dienone is 1. The summed E-state index contributed by atoms with van der Waals surface area (Å²) in [5.41, 5.74) is 1.26. The molecule has 0 amide bonds. The van der Waals surface area contributed by atoms with Crippen molar-refractivity contribution in [2.75, 3.05) is 31.2 Å². The number of nitrogens with zero attached hydrogens (tertiary/aromatic N) is 2. The lowest BCUT2D eigenvalue weighted by Gasteiger charge is -2.28. The molecule has 0 N–H and O–H groups in total. The molecule has 8 nitrogen and oxygen atoms in total. The topological polar surface area (TPSA) is 95.0 Å². The summed E-state index contributed by atoms with van der Waals surface area (Å²) in [4.78, 5) is 25.1. The summed E-state index contributed by atoms with van der Waals surface area (Å²) in [6.07, 6.45) is 2.94. The Balaban J connectivity index is 1.35. The van der Waals surface area contributed by atoms with Crippen molar-refractivity contribution in [3.63, 3.8) is 0 Å². The minimum atomic E-state index is -0.649. The molecule has 1 aromatic heterocycles. The Bertz CT molecular complexity index is 1170. The first-order valence-electron chi connectivity index (χ1n) is 10.3. The van der Waals surface area contributed by atoms with Gasteiger partial charge in [-0.3, -0.25) is 14.9 Å². The standard InChI is InChI=1S/C24H21FN2O6/c25-18-3-9-22(27(29)30)24(15-18)32-16-21-7-6-20(33-21)8-10-23(28)17-1-4-19(5-2-17)26-11-13-31-14-12-26/h1-10,15H,11-14,16H2/b10-8+. The third-order valence-corrected chi connectivity index (χ3v) is 5.10. The van der Waals surface area contributed by atoms with E-state index in [2.05, 4.69) is 4.90 Å². The number of hydrogen-bond donors (Lipinski definition) is 0. The van der Waals surface area contributed by atoms with E-state index in [0.717, 1.165) is 37.0 Å². The molecule has 0 aliphatic carbocycles. The molecule has 2 aromatic carbocycles. The lowest BCUT2D eigenvalue weighted by atomic mass is 10.1. The van der Waals surface area contributed by atoms with E-state index in [4.69, 9.17) is 13.9 Å². The van der Waals surface area contributed by atoms with E-state index in [9.17, 15) is 19.3 Å². The molecule has 0 bridgehead atoms. The van der Waals surface area contributed by atoms with Crippen LogP contribution in [-0.2, 0) is 11.3 Å². The molecule has 1 aliphatic rings. The van der Waals surface area contributed by atoms with Crippen LogP contribution in [0.3, 0.4) is 0 Å². The minimum absolute atomic E-state index is 0.130. The van der Waals surface area contributed by atoms with Crippen LogP contribution >= 0.6 is 0 Å². The van der Waals surface area contributed by atoms with Crippen LogP contribution in [0, 0.1) is 15.9 Å². The normalized spacial score (nSPS) is 13.9. The minimum Gasteiger partial charge on any atom is -0.479 e. The van der Waals surface area contributed by atoms with Crippen LogP contribution in [0.2, 0.25) is 0 Å². The van der Waals surface area contributed by atoms with Crippen molar-refractivity contribution in [2.24, 2.45) is 0 Å². The van der Waals surface area contributed by atoms with Crippen LogP contribution in [0.15, 0.2) is 65.1 Å². The number of nitro benzene ring substituents is 1. The molecule has 9 heteroatoms. The Hall–Kier alpha value is -3.98. The zero-order valence-electron chi connectivity index (χ0n) is 17.6. The molecule has 1 saturated heterocycles. The summed E-state index contributed by atoms with van der Waals surface area (Å²) in [5.74, 6) is -0.219. The zero-order valence-corrected chi connectivity index (χ0v) is 17.6. The Kier molecular flexibility index (Phi) is 6.80. The summed E-state index contributed by atoms with van der Waals surface area (Å²) in [6.45, 7) is 2.90. The molecule has 3 aromatic rings. The average molecular weight is 452 g/mol. The first-order valence-corrected chi connectivity index (χ1v) is 10.3. The number of benzene rings is 2. The smallest absolute Gasteiger partial charge is 0.311 e. The summed E-state index contributed by atoms with van der Waals surface area (Å²) in [6, 6.07) is 13.6. The van der Waals surface area contributed by atoms with Crippen molar-refractivity contribution >= 4 is 23.2 Å². The van der Waals surface area contributed by atoms with Gasteiger partial charge in [0.05, 0.1) is 18.1 Å². The van der Waals surface area contributed by atoms with Gasteiger partial charge in [-0.25, -0.2) is 4.39 Å². The Morgan fingerprint density at radius 2 is 1.88 bits per heavy atom. The fourth-order valence-electron chi connectivity index (χ4n) is 3.38. The van der Waals surface area contributed by atoms with Crippen molar-refractivity contribution in [1.29, 1.82) is 0 Å². The molecule has 0 saturated carbocycles. The fraction of sp³-hybridized carbons (Fsp3) is 0.208. The summed E-state index contributed by atoms with van der Waals surface area (Å²) >= 11 is 0. The summed E-state index contributed by atoms with van der Waals surface area (Å²) in [7, 11) is 0. The molecule has 1 fully saturated rings. The first kappa shape index (κ1) is 22.2. The van der Waals surface area contributed by atoms with Gasteiger partial charge in [-0.1, -0.05) is 0 Å². The average Bonchev–Trinajstić information content (AvgIpc) is 3.29. The van der Waals surface area contributed by atoms with E-state index >= 15 is 0 Å². The zero-order chi connectivity index (χ0) is 23.2. The highest BCUT2D eigenvalue weighted by Crippen LogP contribution is 2.28. The fourth-order valence-corrected chi connectivity index (χ4v) is 3.38. The number of rotatable bonds is 8. The highest BCUT2D eigenvalue weighted by atomic mass is 19.1. The van der Waals surface area contributed by atoms with Gasteiger partial charge in [0.2, 0.25) is 0 Å². The Morgan fingerprint density at radius 3 is 2.61 bits per heavy atom. The molecule has 33 heavy (non-hydrogen) atoms. The molecule has 0 atom stereocenters. The maximum absolute atomic E-state index is 13.4. The second-order valence-corrected chi connectivity index (χ2v) is 7.31. The second-order valence-electron chi connectivity index (χ2n) is 7.31. The largest absolute Gasteiger partial charge is 0.479 e. The van der Waals surface area contributed by atoms with Crippen LogP contribution in [0.1, 0.15) is 21.9 Å². The molecule has 0 spiro atoms. The van der Waals surface area contributed by atoms with Crippen LogP contribution in [0.25, 0.3) is 6.08 Å². The summed E-state index contributed by atoms with van der Waals surface area (Å²) < 4.78 is 29.7. The predicted octanol–water partition coefficient (Wildman–Crippen LogP) is 4.64. The summed E-state index contributed by atoms with van der Waals surface area (Å²) in [5, 5.41) is 11.0. The molecule has 1 aliphatic heterocycles. The van der Waals surface area contributed by atoms with E-state index < -0.39 is 10.7 Å². The van der Waals surface area contributed by atoms with Crippen molar-refractivity contribution in [3.8, 4) is 5.75 Å². The van der Waals surface area contributed by atoms with Gasteiger partial charge in [0, 0.05) is 36.5 Å². The maximum Gasteiger partial charge on any atom is 0.311 e. The predicted molar refractivity (Wildman–Crippen MR) is 119 cm³/mol. The molecule has 0 radical (unpaired) electrons. The lowest BCUT2D eigenvalue weighted by Crippen LogP contribution is -2.36. The number of ether oxygens (including phenoxy) is 2. The Labute approximate surface area is 189 Å². The number of furan rings is 1. The molecule has 170 valence electrons. The van der Waals surface area contributed by atoms with Gasteiger partial charge in [-0.15, -0.1) is 0 Å². The van der Waals surface area contributed by atoms with E-state index in [-0.39, 0.29) is 23.8 Å². The highest BCUT2D eigenvalue weighted by Gasteiger charge is 2.16. The third-order valence-electron chi connectivity index (χ3n) is 5.10. The number of carbonyl (C=O) groups excluding carboxylic acids is 1. The quantitative estimate of drug-likeness (QED) is 0.213. The molecule has 0 unspecified atom stereocenters. The van der Waals surface area contributed by atoms with Crippen molar-refractivity contribution in [3.05, 3.63) is 93.7 Å². The van der Waals surface area contributed by atoms with Gasteiger partial charge in [0.25, 0.3) is 0 Å². The maximum atomic E-state index is 13.4. The van der Waals surface area contributed by atoms with Crippen molar-refractivity contribution < 1.29 is 28.0 Å². The van der Waals surface area contributed by atoms with Crippen LogP contribution < -0.4 is 9.64 Å². The first-order chi connectivity index (χ1) is 16.0. The Morgan fingerprint density at radius 1 is 1.12 bits per heavy atom. The SMILES string of the molecule is O=C(/C=C/c1ccc(COc2cc(F)ccc2[N+](=O)[O-])o1)c1ccc(N2CCOCC2)cc1. The molecular formula is C24H21FN2O6. The van der Waals surface area contributed by atoms with Crippen molar-refractivity contribution in [2.45, 2.75) is 6.61 Å². The highest BCUT2D eigenvalue weighted by molar-refractivity contribution is 6.06. The van der Waals surface area contributed by atoms with Gasteiger partial charge in [-0.05, 0) is 54.6 Å². The van der Waals surface area contributed by atoms with E-state index in [1.165, 1.54) is 12.2 Å². The molecular weight excluding hydrogens is 431 g/mol. The van der Waals surface area contributed by atoms with E-state index in [1.54, 1.807) is 24.3 Å². The molecule has 2 heterocycles.